The third kappa shape index (κ3) is 1.85. The number of hydrogen-bond donors (Lipinski definition) is 1. The Morgan fingerprint density at radius 1 is 1.18 bits per heavy atom. The van der Waals surface area contributed by atoms with Crippen LogP contribution in [-0.2, 0) is 0 Å². The van der Waals surface area contributed by atoms with E-state index in [1.54, 1.807) is 6.26 Å². The van der Waals surface area contributed by atoms with Gasteiger partial charge in [-0.1, -0.05) is 23.8 Å². The number of aromatic nitrogens is 3. The van der Waals surface area contributed by atoms with Gasteiger partial charge >= 0.3 is 0 Å². The summed E-state index contributed by atoms with van der Waals surface area (Å²) in [5.74, 6) is 2.02. The normalized spacial score (nSPS) is 10.6. The highest BCUT2D eigenvalue weighted by Gasteiger charge is 2.09. The Morgan fingerprint density at radius 3 is 2.88 bits per heavy atom. The average molecular weight is 225 g/mol. The fraction of sp³-hybridized carbons (Fsp3) is 0.0769. The first-order chi connectivity index (χ1) is 8.33. The molecular formula is C13H11N3O. The van der Waals surface area contributed by atoms with Crippen molar-refractivity contribution in [3.63, 3.8) is 0 Å². The van der Waals surface area contributed by atoms with Crippen LogP contribution in [0.15, 0.2) is 47.1 Å². The number of aryl methyl sites for hydroxylation is 1. The van der Waals surface area contributed by atoms with E-state index in [2.05, 4.69) is 21.2 Å². The highest BCUT2D eigenvalue weighted by atomic mass is 16.3. The number of benzene rings is 1. The van der Waals surface area contributed by atoms with Crippen molar-refractivity contribution in [3.05, 3.63) is 48.2 Å². The summed E-state index contributed by atoms with van der Waals surface area (Å²) in [6.07, 6.45) is 1.62. The summed E-state index contributed by atoms with van der Waals surface area (Å²) in [5, 5.41) is 7.06. The minimum atomic E-state index is 0.645. The van der Waals surface area contributed by atoms with Crippen molar-refractivity contribution in [2.45, 2.75) is 6.92 Å². The number of H-pyrrole nitrogens is 1. The molecule has 0 aliphatic heterocycles. The molecule has 2 aromatic heterocycles. The van der Waals surface area contributed by atoms with Gasteiger partial charge in [0.1, 0.15) is 0 Å². The zero-order valence-corrected chi connectivity index (χ0v) is 9.34. The van der Waals surface area contributed by atoms with E-state index in [-0.39, 0.29) is 0 Å². The summed E-state index contributed by atoms with van der Waals surface area (Å²) in [6, 6.07) is 11.7. The summed E-state index contributed by atoms with van der Waals surface area (Å²) < 4.78 is 5.26. The van der Waals surface area contributed by atoms with Crippen molar-refractivity contribution in [2.24, 2.45) is 0 Å². The molecule has 0 saturated carbocycles. The van der Waals surface area contributed by atoms with Crippen LogP contribution in [0.1, 0.15) is 5.56 Å². The number of nitrogens with one attached hydrogen (secondary N) is 1. The van der Waals surface area contributed by atoms with E-state index in [9.17, 15) is 0 Å². The molecule has 84 valence electrons. The molecule has 3 rings (SSSR count). The van der Waals surface area contributed by atoms with E-state index >= 15 is 0 Å². The Morgan fingerprint density at radius 2 is 2.12 bits per heavy atom. The van der Waals surface area contributed by atoms with E-state index in [1.807, 2.05) is 37.3 Å². The quantitative estimate of drug-likeness (QED) is 0.729. The number of hydrogen-bond acceptors (Lipinski definition) is 3. The molecule has 0 saturated heterocycles. The number of rotatable bonds is 2. The Balaban J connectivity index is 2.01. The Kier molecular flexibility index (Phi) is 2.26. The van der Waals surface area contributed by atoms with Gasteiger partial charge in [0.15, 0.2) is 17.4 Å². The van der Waals surface area contributed by atoms with Crippen LogP contribution in [0.3, 0.4) is 0 Å². The van der Waals surface area contributed by atoms with E-state index in [4.69, 9.17) is 4.42 Å². The van der Waals surface area contributed by atoms with E-state index in [1.165, 1.54) is 5.56 Å². The summed E-state index contributed by atoms with van der Waals surface area (Å²) >= 11 is 0. The molecule has 0 amide bonds. The lowest BCUT2D eigenvalue weighted by Crippen LogP contribution is -1.81. The van der Waals surface area contributed by atoms with Gasteiger partial charge in [-0.2, -0.15) is 5.10 Å². The second-order valence-corrected chi connectivity index (χ2v) is 3.85. The molecule has 2 heterocycles. The third-order valence-electron chi connectivity index (χ3n) is 2.52. The Bertz CT molecular complexity index is 626. The van der Waals surface area contributed by atoms with Crippen LogP contribution in [0.2, 0.25) is 0 Å². The maximum absolute atomic E-state index is 5.26. The topological polar surface area (TPSA) is 54.7 Å². The van der Waals surface area contributed by atoms with Crippen LogP contribution in [0.4, 0.5) is 0 Å². The molecule has 0 bridgehead atoms. The van der Waals surface area contributed by atoms with Gasteiger partial charge in [0.25, 0.3) is 0 Å². The lowest BCUT2D eigenvalue weighted by atomic mass is 10.1. The van der Waals surface area contributed by atoms with Gasteiger partial charge in [0.2, 0.25) is 0 Å². The summed E-state index contributed by atoms with van der Waals surface area (Å²) in [7, 11) is 0. The molecular weight excluding hydrogens is 214 g/mol. The second-order valence-electron chi connectivity index (χ2n) is 3.85. The fourth-order valence-electron chi connectivity index (χ4n) is 1.70. The first-order valence-corrected chi connectivity index (χ1v) is 5.36. The molecule has 0 fully saturated rings. The predicted octanol–water partition coefficient (Wildman–Crippen LogP) is 3.04. The van der Waals surface area contributed by atoms with Gasteiger partial charge in [-0.15, -0.1) is 0 Å². The number of aromatic amines is 1. The van der Waals surface area contributed by atoms with Crippen molar-refractivity contribution >= 4 is 0 Å². The van der Waals surface area contributed by atoms with Crippen molar-refractivity contribution in [1.82, 2.24) is 15.2 Å². The molecule has 4 heteroatoms. The summed E-state index contributed by atoms with van der Waals surface area (Å²) in [5.41, 5.74) is 2.19. The zero-order chi connectivity index (χ0) is 11.7. The maximum atomic E-state index is 5.26. The van der Waals surface area contributed by atoms with Gasteiger partial charge in [0, 0.05) is 5.56 Å². The average Bonchev–Trinajstić information content (AvgIpc) is 3.00. The van der Waals surface area contributed by atoms with Gasteiger partial charge < -0.3 is 4.42 Å². The van der Waals surface area contributed by atoms with Crippen LogP contribution in [0.25, 0.3) is 23.0 Å². The first kappa shape index (κ1) is 9.84. The predicted molar refractivity (Wildman–Crippen MR) is 64.3 cm³/mol. The highest BCUT2D eigenvalue weighted by Crippen LogP contribution is 2.20. The monoisotopic (exact) mass is 225 g/mol. The molecule has 0 unspecified atom stereocenters. The van der Waals surface area contributed by atoms with Crippen molar-refractivity contribution < 1.29 is 4.42 Å². The molecule has 0 aliphatic carbocycles. The molecule has 0 atom stereocenters. The molecule has 17 heavy (non-hydrogen) atoms. The van der Waals surface area contributed by atoms with Crippen LogP contribution in [0, 0.1) is 6.92 Å². The molecule has 1 N–H and O–H groups in total. The smallest absolute Gasteiger partial charge is 0.192 e. The number of nitrogens with zero attached hydrogens (tertiary/aromatic N) is 2. The van der Waals surface area contributed by atoms with Crippen molar-refractivity contribution in [1.29, 1.82) is 0 Å². The van der Waals surface area contributed by atoms with Crippen LogP contribution >= 0.6 is 0 Å². The Labute approximate surface area is 98.3 Å². The van der Waals surface area contributed by atoms with E-state index in [0.717, 1.165) is 5.56 Å². The molecule has 0 aliphatic rings. The van der Waals surface area contributed by atoms with Gasteiger partial charge in [0.05, 0.1) is 6.26 Å². The second kappa shape index (κ2) is 3.90. The van der Waals surface area contributed by atoms with Crippen molar-refractivity contribution in [3.8, 4) is 23.0 Å². The van der Waals surface area contributed by atoms with Crippen LogP contribution in [-0.4, -0.2) is 15.2 Å². The van der Waals surface area contributed by atoms with Crippen LogP contribution < -0.4 is 0 Å². The minimum Gasteiger partial charge on any atom is -0.461 e. The first-order valence-electron chi connectivity index (χ1n) is 5.36. The molecule has 1 aromatic carbocycles. The highest BCUT2D eigenvalue weighted by molar-refractivity contribution is 5.59. The van der Waals surface area contributed by atoms with Crippen molar-refractivity contribution in [2.75, 3.05) is 0 Å². The molecule has 3 aromatic rings. The zero-order valence-electron chi connectivity index (χ0n) is 9.34. The minimum absolute atomic E-state index is 0.645. The Hall–Kier alpha value is -2.36. The lowest BCUT2D eigenvalue weighted by molar-refractivity contribution is 0.577. The van der Waals surface area contributed by atoms with Gasteiger partial charge in [-0.25, -0.2) is 4.98 Å². The largest absolute Gasteiger partial charge is 0.461 e. The van der Waals surface area contributed by atoms with Gasteiger partial charge in [-0.05, 0) is 25.1 Å². The molecule has 4 nitrogen and oxygen atoms in total. The molecule has 0 radical (unpaired) electrons. The lowest BCUT2D eigenvalue weighted by Gasteiger charge is -1.95. The van der Waals surface area contributed by atoms with E-state index < -0.39 is 0 Å². The third-order valence-corrected chi connectivity index (χ3v) is 2.52. The number of furan rings is 1. The fourth-order valence-corrected chi connectivity index (χ4v) is 1.70. The summed E-state index contributed by atoms with van der Waals surface area (Å²) in [4.78, 5) is 4.40. The van der Waals surface area contributed by atoms with E-state index in [0.29, 0.717) is 17.4 Å². The van der Waals surface area contributed by atoms with Crippen LogP contribution in [0.5, 0.6) is 0 Å². The molecule has 0 spiro atoms. The summed E-state index contributed by atoms with van der Waals surface area (Å²) in [6.45, 7) is 2.05. The maximum Gasteiger partial charge on any atom is 0.192 e. The standard InChI is InChI=1S/C13H11N3O/c1-9-4-2-5-10(8-9)12-14-13(16-15-12)11-6-3-7-17-11/h2-8H,1H3,(H,14,15,16). The SMILES string of the molecule is Cc1cccc(-c2n[nH]c(-c3ccco3)n2)c1. The van der Waals surface area contributed by atoms with Gasteiger partial charge in [-0.3, -0.25) is 5.10 Å².